The molecule has 2 aromatic rings. The van der Waals surface area contributed by atoms with Crippen molar-refractivity contribution in [3.63, 3.8) is 0 Å². The van der Waals surface area contributed by atoms with Crippen molar-refractivity contribution in [3.8, 4) is 5.75 Å². The standard InChI is InChI=1S/C68H105ClN12O13/c1-18-20-26-49-63(89)80(16)68(8,9)67(93)72-51(33-42(3)4)62(88)79(15)54(65(91)81-31-21-22-32-81)38-56(83)77(13)52(34-43(5)6)61(87)73-59(44(7)19-2)66(92)76(12)40-57(84)74(10)41-58(85)78(14)53(37-45-27-29-47(69)30-28-45)64(90)75(11)39-55(82)70-50(60(86)71-49)36-46-24-23-25-48(35-46)94-17/h23-25,27-30,35,42-44,49-54,59H,18-22,26,31-34,36-41H2,1-17H3,(H,70,82)(H,71,86)(H,72,93)(H,73,87)/t44-,49-,50-,51-,52-,53-,54-,59-/m0/s1. The Labute approximate surface area is 561 Å². The lowest BCUT2D eigenvalue weighted by Crippen LogP contribution is -2.63. The number of hydrogen-bond acceptors (Lipinski definition) is 13. The number of carbonyl (C=O) groups is 12. The third-order valence-electron chi connectivity index (χ3n) is 18.0. The molecule has 4 rings (SSSR count). The first-order valence-electron chi connectivity index (χ1n) is 32.7. The Kier molecular flexibility index (Phi) is 30.2. The fraction of sp³-hybridized carbons (Fsp3) is 0.647. The minimum absolute atomic E-state index is 0.0578. The van der Waals surface area contributed by atoms with Crippen LogP contribution in [0.25, 0.3) is 0 Å². The number of amides is 12. The number of halogens is 1. The van der Waals surface area contributed by atoms with Crippen LogP contribution in [0.4, 0.5) is 0 Å². The molecule has 2 aliphatic rings. The van der Waals surface area contributed by atoms with Crippen LogP contribution in [0.2, 0.25) is 5.02 Å². The quantitative estimate of drug-likeness (QED) is 0.199. The molecule has 0 spiro atoms. The molecule has 4 N–H and O–H groups in total. The average molecular weight is 1330 g/mol. The van der Waals surface area contributed by atoms with Crippen molar-refractivity contribution < 1.29 is 62.3 Å². The van der Waals surface area contributed by atoms with Gasteiger partial charge in [0.15, 0.2) is 0 Å². The first-order chi connectivity index (χ1) is 44.1. The lowest BCUT2D eigenvalue weighted by Gasteiger charge is -2.39. The lowest BCUT2D eigenvalue weighted by molar-refractivity contribution is -0.151. The summed E-state index contributed by atoms with van der Waals surface area (Å²) >= 11 is 6.23. The smallest absolute Gasteiger partial charge is 0.246 e. The van der Waals surface area contributed by atoms with E-state index in [1.165, 1.54) is 85.0 Å². The summed E-state index contributed by atoms with van der Waals surface area (Å²) in [4.78, 5) is 185. The number of likely N-dealkylation sites (tertiary alicyclic amines) is 1. The second-order valence-corrected chi connectivity index (χ2v) is 27.1. The maximum absolute atomic E-state index is 15.1. The molecule has 0 aromatic heterocycles. The van der Waals surface area contributed by atoms with Crippen LogP contribution in [0.5, 0.6) is 5.75 Å². The number of hydrogen-bond donors (Lipinski definition) is 4. The van der Waals surface area contributed by atoms with Gasteiger partial charge in [-0.25, -0.2) is 0 Å². The number of ether oxygens (including phenoxy) is 1. The normalized spacial score (nSPS) is 23.8. The Morgan fingerprint density at radius 2 is 1.20 bits per heavy atom. The SMILES string of the molecule is CCCC[C@@H]1NC(=O)[C@H](Cc2cccc(OC)c2)NC(=O)CN(C)C(=O)[C@H](Cc2ccc(Cl)cc2)N(C)C(=O)CN(C)C(=O)CN(C)C(=O)[C@H]([C@@H](C)CC)NC(=O)[C@H](CC(C)C)N(C)C(=O)C[C@@H](C(=O)N2CCCC2)N(C)C(=O)[C@H](CC(C)C)NC(=O)C(C)(C)N(C)C1=O. The third kappa shape index (κ3) is 21.9. The van der Waals surface area contributed by atoms with Crippen LogP contribution in [-0.2, 0) is 70.4 Å². The Bertz CT molecular complexity index is 2990. The molecule has 522 valence electrons. The van der Waals surface area contributed by atoms with Gasteiger partial charge in [0.05, 0.1) is 33.2 Å². The van der Waals surface area contributed by atoms with E-state index in [0.29, 0.717) is 67.1 Å². The molecule has 2 heterocycles. The zero-order chi connectivity index (χ0) is 70.6. The highest BCUT2D eigenvalue weighted by Crippen LogP contribution is 2.24. The van der Waals surface area contributed by atoms with E-state index in [4.69, 9.17) is 16.3 Å². The Morgan fingerprint density at radius 1 is 0.606 bits per heavy atom. The summed E-state index contributed by atoms with van der Waals surface area (Å²) < 4.78 is 5.46. The van der Waals surface area contributed by atoms with Crippen molar-refractivity contribution in [3.05, 3.63) is 64.7 Å². The van der Waals surface area contributed by atoms with Crippen molar-refractivity contribution in [2.75, 3.05) is 89.2 Å². The summed E-state index contributed by atoms with van der Waals surface area (Å²) in [6.07, 6.45) is 2.44. The number of nitrogens with one attached hydrogen (secondary N) is 4. The van der Waals surface area contributed by atoms with Gasteiger partial charge in [0, 0.05) is 80.3 Å². The third-order valence-corrected chi connectivity index (χ3v) is 18.3. The van der Waals surface area contributed by atoms with E-state index in [1.807, 2.05) is 41.5 Å². The molecule has 0 aliphatic carbocycles. The molecule has 26 heteroatoms. The van der Waals surface area contributed by atoms with Crippen LogP contribution in [0.3, 0.4) is 0 Å². The van der Waals surface area contributed by atoms with Gasteiger partial charge in [-0.15, -0.1) is 0 Å². The molecule has 0 bridgehead atoms. The largest absolute Gasteiger partial charge is 0.497 e. The molecule has 2 fully saturated rings. The average Bonchev–Trinajstić information content (AvgIpc) is 0.899. The number of unbranched alkanes of at least 4 members (excludes halogenated alkanes) is 1. The maximum Gasteiger partial charge on any atom is 0.246 e. The van der Waals surface area contributed by atoms with Crippen LogP contribution in [0.1, 0.15) is 131 Å². The van der Waals surface area contributed by atoms with Gasteiger partial charge in [-0.3, -0.25) is 57.5 Å². The molecule has 25 nitrogen and oxygen atoms in total. The van der Waals surface area contributed by atoms with Crippen molar-refractivity contribution in [2.45, 2.75) is 181 Å². The fourth-order valence-corrected chi connectivity index (χ4v) is 11.5. The zero-order valence-electron chi connectivity index (χ0n) is 58.5. The molecule has 0 radical (unpaired) electrons. The molecule has 0 saturated carbocycles. The Hall–Kier alpha value is -7.83. The topological polar surface area (TPSA) is 288 Å². The summed E-state index contributed by atoms with van der Waals surface area (Å²) in [6.45, 7) is 14.9. The summed E-state index contributed by atoms with van der Waals surface area (Å²) in [5.41, 5.74) is -0.539. The first-order valence-corrected chi connectivity index (χ1v) is 33.1. The number of likely N-dealkylation sites (N-methyl/N-ethyl adjacent to an activating group) is 7. The van der Waals surface area contributed by atoms with E-state index in [9.17, 15) is 52.7 Å². The predicted octanol–water partition coefficient (Wildman–Crippen LogP) is 3.52. The lowest BCUT2D eigenvalue weighted by atomic mass is 9.95. The van der Waals surface area contributed by atoms with Gasteiger partial charge < -0.3 is 65.2 Å². The number of benzene rings is 2. The van der Waals surface area contributed by atoms with Crippen LogP contribution in [-0.4, -0.2) is 247 Å². The van der Waals surface area contributed by atoms with Gasteiger partial charge in [-0.1, -0.05) is 104 Å². The summed E-state index contributed by atoms with van der Waals surface area (Å²) in [5.74, 6) is -8.56. The minimum Gasteiger partial charge on any atom is -0.497 e. The van der Waals surface area contributed by atoms with Gasteiger partial charge in [-0.2, -0.15) is 0 Å². The monoisotopic (exact) mass is 1330 g/mol. The number of nitrogens with zero attached hydrogens (tertiary/aromatic N) is 8. The van der Waals surface area contributed by atoms with E-state index < -0.39 is 151 Å². The van der Waals surface area contributed by atoms with Crippen molar-refractivity contribution in [1.82, 2.24) is 60.5 Å². The molecule has 0 unspecified atom stereocenters. The van der Waals surface area contributed by atoms with E-state index in [1.54, 1.807) is 60.4 Å². The van der Waals surface area contributed by atoms with Crippen LogP contribution < -0.4 is 26.0 Å². The number of methoxy groups -OCH3 is 1. The molecule has 8 atom stereocenters. The van der Waals surface area contributed by atoms with Crippen molar-refractivity contribution >= 4 is 82.5 Å². The Balaban J connectivity index is 1.89. The highest BCUT2D eigenvalue weighted by atomic mass is 35.5. The number of carbonyl (C=O) groups excluding carboxylic acids is 12. The Morgan fingerprint density at radius 3 is 1.79 bits per heavy atom. The van der Waals surface area contributed by atoms with Gasteiger partial charge in [-0.05, 0) is 99.1 Å². The van der Waals surface area contributed by atoms with Crippen molar-refractivity contribution in [1.29, 1.82) is 0 Å². The highest BCUT2D eigenvalue weighted by Gasteiger charge is 2.44. The highest BCUT2D eigenvalue weighted by molar-refractivity contribution is 6.30. The first kappa shape index (κ1) is 78.6. The van der Waals surface area contributed by atoms with E-state index in [-0.39, 0.29) is 43.9 Å². The zero-order valence-corrected chi connectivity index (χ0v) is 59.2. The van der Waals surface area contributed by atoms with E-state index in [2.05, 4.69) is 21.3 Å². The number of rotatable bonds is 15. The molecule has 2 aliphatic heterocycles. The van der Waals surface area contributed by atoms with Crippen LogP contribution in [0, 0.1) is 17.8 Å². The van der Waals surface area contributed by atoms with E-state index in [0.717, 1.165) is 19.6 Å². The van der Waals surface area contributed by atoms with Crippen molar-refractivity contribution in [2.24, 2.45) is 17.8 Å². The molecule has 12 amide bonds. The van der Waals surface area contributed by atoms with Gasteiger partial charge >= 0.3 is 0 Å². The molecule has 94 heavy (non-hydrogen) atoms. The fourth-order valence-electron chi connectivity index (χ4n) is 11.3. The molecular weight excluding hydrogens is 1230 g/mol. The summed E-state index contributed by atoms with van der Waals surface area (Å²) in [5, 5.41) is 11.8. The maximum atomic E-state index is 15.1. The minimum atomic E-state index is -1.70. The summed E-state index contributed by atoms with van der Waals surface area (Å²) in [7, 11) is 11.2. The predicted molar refractivity (Wildman–Crippen MR) is 357 cm³/mol. The second-order valence-electron chi connectivity index (χ2n) is 26.7. The van der Waals surface area contributed by atoms with E-state index >= 15 is 4.79 Å². The van der Waals surface area contributed by atoms with Crippen LogP contribution >= 0.6 is 11.6 Å². The van der Waals surface area contributed by atoms with Gasteiger partial charge in [0.25, 0.3) is 0 Å². The molecule has 2 aromatic carbocycles. The molecule has 2 saturated heterocycles. The van der Waals surface area contributed by atoms with Gasteiger partial charge in [0.1, 0.15) is 53.6 Å². The second kappa shape index (κ2) is 36.2. The molecular formula is C68H105ClN12O13. The van der Waals surface area contributed by atoms with Crippen LogP contribution in [0.15, 0.2) is 48.5 Å². The van der Waals surface area contributed by atoms with Gasteiger partial charge in [0.2, 0.25) is 70.9 Å². The summed E-state index contributed by atoms with van der Waals surface area (Å²) in [6, 6.07) is 4.48.